The third-order valence-electron chi connectivity index (χ3n) is 4.42. The fraction of sp³-hybridized carbons (Fsp3) is 0.0909. The number of para-hydroxylation sites is 1. The Kier molecular flexibility index (Phi) is 4.72. The highest BCUT2D eigenvalue weighted by molar-refractivity contribution is 6.09. The molecule has 0 radical (unpaired) electrons. The number of aromatic nitrogens is 1. The van der Waals surface area contributed by atoms with Crippen molar-refractivity contribution in [3.63, 3.8) is 0 Å². The van der Waals surface area contributed by atoms with E-state index in [9.17, 15) is 10.5 Å². The van der Waals surface area contributed by atoms with Crippen LogP contribution in [0.1, 0.15) is 12.5 Å². The Morgan fingerprint density at radius 3 is 2.19 bits per heavy atom. The summed E-state index contributed by atoms with van der Waals surface area (Å²) < 4.78 is 2.19. The molecule has 0 spiro atoms. The highest BCUT2D eigenvalue weighted by Crippen LogP contribution is 2.32. The minimum absolute atomic E-state index is 0.142. The van der Waals surface area contributed by atoms with E-state index in [0.717, 1.165) is 28.4 Å². The van der Waals surface area contributed by atoms with E-state index in [2.05, 4.69) is 17.6 Å². The normalized spacial score (nSPS) is 9.67. The van der Waals surface area contributed by atoms with Gasteiger partial charge >= 0.3 is 0 Å². The van der Waals surface area contributed by atoms with Gasteiger partial charge in [-0.1, -0.05) is 24.3 Å². The molecule has 0 aliphatic rings. The number of allylic oxidation sites excluding steroid dienone is 4. The Bertz CT molecular complexity index is 1260. The second kappa shape index (κ2) is 7.28. The summed E-state index contributed by atoms with van der Waals surface area (Å²) >= 11 is 0. The minimum Gasteiger partial charge on any atom is -0.341 e. The maximum atomic E-state index is 9.31. The summed E-state index contributed by atoms with van der Waals surface area (Å²) in [6.07, 6.45) is 1.29. The van der Waals surface area contributed by atoms with Crippen LogP contribution >= 0.6 is 0 Å². The van der Waals surface area contributed by atoms with E-state index < -0.39 is 0 Å². The molecule has 0 atom stereocenters. The predicted octanol–water partition coefficient (Wildman–Crippen LogP) is 4.59. The van der Waals surface area contributed by atoms with Gasteiger partial charge in [-0.05, 0) is 36.8 Å². The number of hydrogen-bond donors (Lipinski definition) is 0. The van der Waals surface area contributed by atoms with E-state index in [4.69, 9.17) is 10.5 Å². The first kappa shape index (κ1) is 17.5. The van der Waals surface area contributed by atoms with Crippen LogP contribution in [-0.2, 0) is 6.54 Å². The first-order valence-electron chi connectivity index (χ1n) is 8.26. The summed E-state index contributed by atoms with van der Waals surface area (Å²) in [5, 5.41) is 38.8. The fourth-order valence-electron chi connectivity index (χ4n) is 3.24. The molecule has 126 valence electrons. The molecular formula is C22H13N5. The number of rotatable bonds is 3. The summed E-state index contributed by atoms with van der Waals surface area (Å²) in [5.74, 6) is 0. The lowest BCUT2D eigenvalue weighted by Crippen LogP contribution is -1.93. The van der Waals surface area contributed by atoms with Crippen molar-refractivity contribution in [3.05, 3.63) is 65.3 Å². The highest BCUT2D eigenvalue weighted by Gasteiger charge is 2.13. The molecule has 3 rings (SSSR count). The molecule has 1 aromatic heterocycles. The SMILES string of the molecule is CCn1c2ccccc2c2cc(C(C=C(C#N)C#N)=C(C#N)C#N)ccc21. The minimum atomic E-state index is -0.163. The number of hydrogen-bond acceptors (Lipinski definition) is 4. The molecule has 0 saturated heterocycles. The number of fused-ring (bicyclic) bond motifs is 3. The molecule has 5 heteroatoms. The van der Waals surface area contributed by atoms with Crippen LogP contribution in [0.4, 0.5) is 0 Å². The molecule has 0 fully saturated rings. The predicted molar refractivity (Wildman–Crippen MR) is 103 cm³/mol. The average Bonchev–Trinajstić information content (AvgIpc) is 3.04. The van der Waals surface area contributed by atoms with Crippen molar-refractivity contribution in [1.29, 1.82) is 21.0 Å². The molecule has 0 aliphatic carbocycles. The van der Waals surface area contributed by atoms with Crippen molar-refractivity contribution in [3.8, 4) is 24.3 Å². The molecule has 0 unspecified atom stereocenters. The van der Waals surface area contributed by atoms with Gasteiger partial charge in [0.15, 0.2) is 0 Å². The van der Waals surface area contributed by atoms with Crippen LogP contribution in [0.15, 0.2) is 59.7 Å². The molecule has 1 heterocycles. The van der Waals surface area contributed by atoms with Crippen LogP contribution in [0.5, 0.6) is 0 Å². The van der Waals surface area contributed by atoms with Gasteiger partial charge in [-0.25, -0.2) is 0 Å². The van der Waals surface area contributed by atoms with Crippen LogP contribution in [0.3, 0.4) is 0 Å². The van der Waals surface area contributed by atoms with Gasteiger partial charge in [0.05, 0.1) is 0 Å². The summed E-state index contributed by atoms with van der Waals surface area (Å²) in [4.78, 5) is 0. The van der Waals surface area contributed by atoms with Gasteiger partial charge in [-0.3, -0.25) is 0 Å². The monoisotopic (exact) mass is 347 g/mol. The van der Waals surface area contributed by atoms with E-state index in [1.165, 1.54) is 6.08 Å². The standard InChI is InChI=1S/C22H13N5/c1-2-27-21-6-4-3-5-18(21)20-10-16(7-8-22(20)27)19(17(13-25)14-26)9-15(11-23)12-24/h3-10H,2H2,1H3. The lowest BCUT2D eigenvalue weighted by atomic mass is 9.97. The zero-order valence-electron chi connectivity index (χ0n) is 14.6. The maximum absolute atomic E-state index is 9.31. The van der Waals surface area contributed by atoms with Crippen molar-refractivity contribution >= 4 is 27.4 Å². The van der Waals surface area contributed by atoms with Crippen LogP contribution < -0.4 is 0 Å². The van der Waals surface area contributed by atoms with Crippen LogP contribution in [0.25, 0.3) is 27.4 Å². The van der Waals surface area contributed by atoms with Gasteiger partial charge in [-0.15, -0.1) is 0 Å². The molecule has 5 nitrogen and oxygen atoms in total. The van der Waals surface area contributed by atoms with Crippen molar-refractivity contribution < 1.29 is 0 Å². The average molecular weight is 347 g/mol. The second-order valence-corrected chi connectivity index (χ2v) is 5.79. The first-order valence-corrected chi connectivity index (χ1v) is 8.26. The zero-order chi connectivity index (χ0) is 19.4. The van der Waals surface area contributed by atoms with Crippen molar-refractivity contribution in [2.75, 3.05) is 0 Å². The molecule has 2 aromatic carbocycles. The molecule has 27 heavy (non-hydrogen) atoms. The summed E-state index contributed by atoms with van der Waals surface area (Å²) in [7, 11) is 0. The second-order valence-electron chi connectivity index (χ2n) is 5.79. The number of nitrogens with zero attached hydrogens (tertiary/aromatic N) is 5. The third kappa shape index (κ3) is 2.91. The third-order valence-corrected chi connectivity index (χ3v) is 4.42. The van der Waals surface area contributed by atoms with Gasteiger partial charge in [-0.2, -0.15) is 21.0 Å². The summed E-state index contributed by atoms with van der Waals surface area (Å²) in [5.41, 5.74) is 2.72. The highest BCUT2D eigenvalue weighted by atomic mass is 15.0. The smallest absolute Gasteiger partial charge is 0.137 e. The zero-order valence-corrected chi connectivity index (χ0v) is 14.6. The Hall–Kier alpha value is -4.32. The summed E-state index contributed by atoms with van der Waals surface area (Å²) in [6, 6.07) is 20.9. The van der Waals surface area contributed by atoms with E-state index >= 15 is 0 Å². The van der Waals surface area contributed by atoms with Crippen LogP contribution in [-0.4, -0.2) is 4.57 Å². The maximum Gasteiger partial charge on any atom is 0.137 e. The van der Waals surface area contributed by atoms with Crippen LogP contribution in [0, 0.1) is 45.3 Å². The van der Waals surface area contributed by atoms with Gasteiger partial charge in [0.1, 0.15) is 35.4 Å². The molecular weight excluding hydrogens is 334 g/mol. The Balaban J connectivity index is 2.38. The van der Waals surface area contributed by atoms with Gasteiger partial charge in [0, 0.05) is 33.9 Å². The van der Waals surface area contributed by atoms with Crippen molar-refractivity contribution in [2.45, 2.75) is 13.5 Å². The fourth-order valence-corrected chi connectivity index (χ4v) is 3.24. The Labute approximate surface area is 156 Å². The topological polar surface area (TPSA) is 100 Å². The Morgan fingerprint density at radius 1 is 0.889 bits per heavy atom. The van der Waals surface area contributed by atoms with E-state index in [1.807, 2.05) is 42.5 Å². The van der Waals surface area contributed by atoms with Gasteiger partial charge < -0.3 is 4.57 Å². The number of aryl methyl sites for hydroxylation is 1. The molecule has 0 bridgehead atoms. The summed E-state index contributed by atoms with van der Waals surface area (Å²) in [6.45, 7) is 2.88. The van der Waals surface area contributed by atoms with Gasteiger partial charge in [0.25, 0.3) is 0 Å². The molecule has 0 saturated carbocycles. The van der Waals surface area contributed by atoms with E-state index in [1.54, 1.807) is 18.2 Å². The van der Waals surface area contributed by atoms with E-state index in [0.29, 0.717) is 5.56 Å². The van der Waals surface area contributed by atoms with E-state index in [-0.39, 0.29) is 16.7 Å². The lowest BCUT2D eigenvalue weighted by Gasteiger charge is -2.06. The lowest BCUT2D eigenvalue weighted by molar-refractivity contribution is 0.827. The van der Waals surface area contributed by atoms with Crippen molar-refractivity contribution in [1.82, 2.24) is 4.57 Å². The molecule has 0 aliphatic heterocycles. The first-order chi connectivity index (χ1) is 13.2. The number of benzene rings is 2. The van der Waals surface area contributed by atoms with Gasteiger partial charge in [0.2, 0.25) is 0 Å². The van der Waals surface area contributed by atoms with Crippen LogP contribution in [0.2, 0.25) is 0 Å². The van der Waals surface area contributed by atoms with Crippen molar-refractivity contribution in [2.24, 2.45) is 0 Å². The largest absolute Gasteiger partial charge is 0.341 e. The quantitative estimate of drug-likeness (QED) is 0.511. The molecule has 0 N–H and O–H groups in total. The molecule has 3 aromatic rings. The molecule has 0 amide bonds. The Morgan fingerprint density at radius 2 is 1.56 bits per heavy atom. The number of nitriles is 4.